The molecule has 1 aliphatic carbocycles. The maximum absolute atomic E-state index is 10.3. The van der Waals surface area contributed by atoms with Crippen LogP contribution in [0.1, 0.15) is 42.5 Å². The Morgan fingerprint density at radius 2 is 1.77 bits per heavy atom. The number of hydrogen-bond donors (Lipinski definition) is 3. The van der Waals surface area contributed by atoms with Crippen LogP contribution in [0.15, 0.2) is 24.3 Å². The minimum Gasteiger partial charge on any atom is -0.508 e. The molecule has 0 saturated heterocycles. The zero-order valence-corrected chi connectivity index (χ0v) is 16.4. The largest absolute Gasteiger partial charge is 0.508 e. The average Bonchev–Trinajstić information content (AvgIpc) is 2.87. The Balaban J connectivity index is 1.92. The first-order chi connectivity index (χ1) is 12.2. The number of aromatic hydroxyl groups is 1. The third-order valence-electron chi connectivity index (χ3n) is 4.92. The topological polar surface area (TPSA) is 79.2 Å². The molecule has 1 aliphatic rings. The highest BCUT2D eigenvalue weighted by molar-refractivity contribution is 7.44. The van der Waals surface area contributed by atoms with Crippen molar-refractivity contribution in [2.24, 2.45) is 0 Å². The van der Waals surface area contributed by atoms with Crippen LogP contribution in [0.5, 0.6) is 23.0 Å². The van der Waals surface area contributed by atoms with Gasteiger partial charge >= 0.3 is 0 Å². The van der Waals surface area contributed by atoms with Crippen molar-refractivity contribution in [1.82, 2.24) is 0 Å². The summed E-state index contributed by atoms with van der Waals surface area (Å²) in [7, 11) is -2.08. The molecule has 0 unspecified atom stereocenters. The van der Waals surface area contributed by atoms with Crippen molar-refractivity contribution >= 4 is 8.38 Å². The van der Waals surface area contributed by atoms with Crippen molar-refractivity contribution in [3.8, 4) is 23.0 Å². The van der Waals surface area contributed by atoms with Gasteiger partial charge < -0.3 is 24.4 Å². The van der Waals surface area contributed by atoms with Crippen molar-refractivity contribution in [1.29, 1.82) is 0 Å². The van der Waals surface area contributed by atoms with Crippen molar-refractivity contribution in [3.63, 3.8) is 0 Å². The number of benzene rings is 2. The molecule has 2 aromatic carbocycles. The second-order valence-electron chi connectivity index (χ2n) is 7.45. The normalized spacial score (nSPS) is 15.2. The van der Waals surface area contributed by atoms with Gasteiger partial charge in [-0.25, -0.2) is 0 Å². The van der Waals surface area contributed by atoms with Crippen LogP contribution in [-0.2, 0) is 11.8 Å². The van der Waals surface area contributed by atoms with Gasteiger partial charge in [0.2, 0.25) is 8.38 Å². The minimum absolute atomic E-state index is 0.0620. The highest BCUT2D eigenvalue weighted by Gasteiger charge is 2.35. The lowest BCUT2D eigenvalue weighted by Crippen LogP contribution is -2.12. The fourth-order valence-electron chi connectivity index (χ4n) is 3.67. The van der Waals surface area contributed by atoms with Crippen LogP contribution in [0.25, 0.3) is 0 Å². The lowest BCUT2D eigenvalue weighted by atomic mass is 9.86. The van der Waals surface area contributed by atoms with Gasteiger partial charge in [-0.3, -0.25) is 0 Å². The molecule has 6 heteroatoms. The summed E-state index contributed by atoms with van der Waals surface area (Å²) in [4.78, 5) is 18.0. The summed E-state index contributed by atoms with van der Waals surface area (Å²) < 4.78 is 11.6. The van der Waals surface area contributed by atoms with E-state index in [0.717, 1.165) is 46.6 Å². The summed E-state index contributed by atoms with van der Waals surface area (Å²) in [6.45, 7) is 8.14. The molecule has 0 fully saturated rings. The summed E-state index contributed by atoms with van der Waals surface area (Å²) in [6.07, 6.45) is 1.74. The van der Waals surface area contributed by atoms with Crippen LogP contribution in [0, 0.1) is 13.8 Å². The Labute approximate surface area is 155 Å². The average molecular weight is 376 g/mol. The van der Waals surface area contributed by atoms with Gasteiger partial charge in [0.25, 0.3) is 0 Å². The zero-order chi connectivity index (χ0) is 19.1. The molecule has 0 aliphatic heterocycles. The van der Waals surface area contributed by atoms with E-state index in [4.69, 9.17) is 19.3 Å². The smallest absolute Gasteiger partial charge is 0.205 e. The molecule has 0 saturated carbocycles. The summed E-state index contributed by atoms with van der Waals surface area (Å²) in [6, 6.07) is 7.18. The van der Waals surface area contributed by atoms with E-state index in [2.05, 4.69) is 13.8 Å². The van der Waals surface area contributed by atoms with Crippen LogP contribution in [0.2, 0.25) is 0 Å². The number of fused-ring (bicyclic) bond motifs is 1. The molecule has 5 nitrogen and oxygen atoms in total. The quantitative estimate of drug-likeness (QED) is 0.662. The van der Waals surface area contributed by atoms with E-state index >= 15 is 0 Å². The summed E-state index contributed by atoms with van der Waals surface area (Å²) in [5.41, 5.74) is 3.79. The Bertz CT molecular complexity index is 806. The number of aryl methyl sites for hydroxylation is 2. The molecule has 0 spiro atoms. The van der Waals surface area contributed by atoms with Gasteiger partial charge in [-0.2, -0.15) is 0 Å². The molecule has 26 heavy (non-hydrogen) atoms. The molecule has 0 heterocycles. The molecular formula is C20H25O5P. The molecule has 2 aromatic rings. The Hall–Kier alpha value is -1.81. The standard InChI is InChI=1S/C20H25O5P/c1-12-9-14(24-11-26(22)23)10-13(2)19(12)25-17-6-5-16(21)18-15(17)7-8-20(18,3)4/h5-6,9-10,21-23H,7-8,11H2,1-4H3. The number of ether oxygens (including phenoxy) is 2. The predicted octanol–water partition coefficient (Wildman–Crippen LogP) is 4.66. The van der Waals surface area contributed by atoms with Crippen LogP contribution in [0.3, 0.4) is 0 Å². The van der Waals surface area contributed by atoms with E-state index < -0.39 is 8.38 Å². The van der Waals surface area contributed by atoms with Crippen molar-refractivity contribution in [3.05, 3.63) is 46.5 Å². The fourth-order valence-corrected chi connectivity index (χ4v) is 3.94. The summed E-state index contributed by atoms with van der Waals surface area (Å²) >= 11 is 0. The maximum Gasteiger partial charge on any atom is 0.205 e. The molecule has 0 atom stereocenters. The van der Waals surface area contributed by atoms with Crippen molar-refractivity contribution in [2.75, 3.05) is 6.35 Å². The first-order valence-corrected chi connectivity index (χ1v) is 10.0. The Morgan fingerprint density at radius 3 is 2.38 bits per heavy atom. The van der Waals surface area contributed by atoms with Crippen molar-refractivity contribution in [2.45, 2.75) is 46.0 Å². The molecule has 0 aromatic heterocycles. The highest BCUT2D eigenvalue weighted by Crippen LogP contribution is 2.48. The monoisotopic (exact) mass is 376 g/mol. The molecule has 3 N–H and O–H groups in total. The maximum atomic E-state index is 10.3. The number of phenols is 1. The van der Waals surface area contributed by atoms with Crippen molar-refractivity contribution < 1.29 is 24.4 Å². The Morgan fingerprint density at radius 1 is 1.12 bits per heavy atom. The SMILES string of the molecule is Cc1cc(OCP(O)O)cc(C)c1Oc1ccc(O)c2c1CCC2(C)C. The predicted molar refractivity (Wildman–Crippen MR) is 102 cm³/mol. The number of phenolic OH excluding ortho intramolecular Hbond substituents is 1. The summed E-state index contributed by atoms with van der Waals surface area (Å²) in [5.74, 6) is 2.44. The van der Waals surface area contributed by atoms with Crippen LogP contribution in [0.4, 0.5) is 0 Å². The molecule has 0 amide bonds. The van der Waals surface area contributed by atoms with E-state index in [1.807, 2.05) is 32.0 Å². The van der Waals surface area contributed by atoms with Crippen LogP contribution < -0.4 is 9.47 Å². The molecule has 0 radical (unpaired) electrons. The molecule has 140 valence electrons. The number of rotatable bonds is 5. The lowest BCUT2D eigenvalue weighted by molar-refractivity contribution is 0.346. The Kier molecular flexibility index (Phi) is 5.16. The van der Waals surface area contributed by atoms with E-state index in [0.29, 0.717) is 11.5 Å². The highest BCUT2D eigenvalue weighted by atomic mass is 31.2. The van der Waals surface area contributed by atoms with Gasteiger partial charge in [-0.1, -0.05) is 13.8 Å². The first-order valence-electron chi connectivity index (χ1n) is 8.61. The second kappa shape index (κ2) is 7.07. The zero-order valence-electron chi connectivity index (χ0n) is 15.5. The summed E-state index contributed by atoms with van der Waals surface area (Å²) in [5, 5.41) is 10.3. The molecule has 3 rings (SSSR count). The van der Waals surface area contributed by atoms with Gasteiger partial charge in [0.15, 0.2) is 6.35 Å². The molecule has 0 bridgehead atoms. The van der Waals surface area contributed by atoms with Gasteiger partial charge in [-0.15, -0.1) is 0 Å². The van der Waals surface area contributed by atoms with E-state index in [9.17, 15) is 5.11 Å². The van der Waals surface area contributed by atoms with Gasteiger partial charge in [0, 0.05) is 11.1 Å². The van der Waals surface area contributed by atoms with Gasteiger partial charge in [0.1, 0.15) is 23.0 Å². The minimum atomic E-state index is -2.08. The molecular weight excluding hydrogens is 351 g/mol. The third-order valence-corrected chi connectivity index (χ3v) is 5.28. The van der Waals surface area contributed by atoms with E-state index in [1.165, 1.54) is 0 Å². The third kappa shape index (κ3) is 3.66. The van der Waals surface area contributed by atoms with E-state index in [-0.39, 0.29) is 11.8 Å². The van der Waals surface area contributed by atoms with Crippen LogP contribution in [-0.4, -0.2) is 21.2 Å². The number of hydrogen-bond acceptors (Lipinski definition) is 5. The fraction of sp³-hybridized carbons (Fsp3) is 0.400. The van der Waals surface area contributed by atoms with Gasteiger partial charge in [-0.05, 0) is 67.5 Å². The lowest BCUT2D eigenvalue weighted by Gasteiger charge is -2.21. The van der Waals surface area contributed by atoms with E-state index in [1.54, 1.807) is 6.07 Å². The van der Waals surface area contributed by atoms with Crippen LogP contribution >= 0.6 is 8.38 Å². The second-order valence-corrected chi connectivity index (χ2v) is 8.46. The first kappa shape index (κ1) is 19.0. The van der Waals surface area contributed by atoms with Gasteiger partial charge in [0.05, 0.1) is 0 Å².